The van der Waals surface area contributed by atoms with E-state index in [1.807, 2.05) is 0 Å². The first-order chi connectivity index (χ1) is 7.15. The first kappa shape index (κ1) is 10.1. The molecule has 1 aromatic heterocycles. The van der Waals surface area contributed by atoms with Gasteiger partial charge in [0.15, 0.2) is 0 Å². The molecule has 1 aromatic carbocycles. The molecular formula is C8H7Cl2N5. The zero-order valence-electron chi connectivity index (χ0n) is 7.46. The highest BCUT2D eigenvalue weighted by Crippen LogP contribution is 2.26. The van der Waals surface area contributed by atoms with Gasteiger partial charge in [-0.05, 0) is 18.2 Å². The summed E-state index contributed by atoms with van der Waals surface area (Å²) in [4.78, 5) is 3.88. The Hall–Kier alpha value is -1.46. The van der Waals surface area contributed by atoms with Crippen LogP contribution in [0.3, 0.4) is 0 Å². The van der Waals surface area contributed by atoms with Gasteiger partial charge in [0, 0.05) is 5.69 Å². The Kier molecular flexibility index (Phi) is 2.66. The van der Waals surface area contributed by atoms with E-state index in [2.05, 4.69) is 20.5 Å². The average molecular weight is 244 g/mol. The van der Waals surface area contributed by atoms with Gasteiger partial charge in [-0.3, -0.25) is 0 Å². The molecule has 0 aliphatic carbocycles. The Labute approximate surface area is 95.6 Å². The smallest absolute Gasteiger partial charge is 0.248 e. The fraction of sp³-hybridized carbons (Fsp3) is 0. The average Bonchev–Trinajstić information content (AvgIpc) is 2.58. The van der Waals surface area contributed by atoms with Crippen LogP contribution in [0, 0.1) is 0 Å². The van der Waals surface area contributed by atoms with Gasteiger partial charge in [0.1, 0.15) is 0 Å². The van der Waals surface area contributed by atoms with Gasteiger partial charge in [0.25, 0.3) is 0 Å². The highest BCUT2D eigenvalue weighted by atomic mass is 35.5. The fourth-order valence-electron chi connectivity index (χ4n) is 1.03. The fourth-order valence-corrected chi connectivity index (χ4v) is 1.33. The van der Waals surface area contributed by atoms with E-state index < -0.39 is 0 Å². The van der Waals surface area contributed by atoms with E-state index >= 15 is 0 Å². The summed E-state index contributed by atoms with van der Waals surface area (Å²) in [5.74, 6) is 0.628. The van der Waals surface area contributed by atoms with E-state index in [-0.39, 0.29) is 5.95 Å². The van der Waals surface area contributed by atoms with E-state index in [1.165, 1.54) is 0 Å². The Morgan fingerprint density at radius 1 is 1.27 bits per heavy atom. The van der Waals surface area contributed by atoms with Crippen LogP contribution in [0.15, 0.2) is 18.2 Å². The van der Waals surface area contributed by atoms with E-state index in [0.29, 0.717) is 16.0 Å². The zero-order valence-corrected chi connectivity index (χ0v) is 8.97. The first-order valence-corrected chi connectivity index (χ1v) is 4.81. The maximum absolute atomic E-state index is 5.84. The summed E-state index contributed by atoms with van der Waals surface area (Å²) in [6, 6.07) is 5.12. The van der Waals surface area contributed by atoms with Gasteiger partial charge in [0.2, 0.25) is 11.9 Å². The number of rotatable bonds is 2. The minimum atomic E-state index is 0.248. The second-order valence-electron chi connectivity index (χ2n) is 2.80. The van der Waals surface area contributed by atoms with Crippen molar-refractivity contribution in [1.82, 2.24) is 15.2 Å². The van der Waals surface area contributed by atoms with Gasteiger partial charge in [-0.25, -0.2) is 5.10 Å². The number of H-pyrrole nitrogens is 1. The molecule has 0 aliphatic rings. The molecule has 2 aromatic rings. The number of halogens is 2. The van der Waals surface area contributed by atoms with Crippen molar-refractivity contribution in [1.29, 1.82) is 0 Å². The predicted molar refractivity (Wildman–Crippen MR) is 60.5 cm³/mol. The Balaban J connectivity index is 2.21. The van der Waals surface area contributed by atoms with Crippen molar-refractivity contribution in [2.24, 2.45) is 0 Å². The van der Waals surface area contributed by atoms with Crippen LogP contribution in [-0.4, -0.2) is 15.2 Å². The summed E-state index contributed by atoms with van der Waals surface area (Å²) in [5, 5.41) is 10.2. The molecular weight excluding hydrogens is 237 g/mol. The lowest BCUT2D eigenvalue weighted by Gasteiger charge is -2.02. The molecule has 5 nitrogen and oxygen atoms in total. The molecule has 4 N–H and O–H groups in total. The SMILES string of the molecule is Nc1nc(Nc2ccc(Cl)c(Cl)c2)n[nH]1. The molecule has 0 spiro atoms. The van der Waals surface area contributed by atoms with Crippen LogP contribution in [0.2, 0.25) is 10.0 Å². The van der Waals surface area contributed by atoms with Crippen molar-refractivity contribution in [2.75, 3.05) is 11.1 Å². The molecule has 0 radical (unpaired) electrons. The maximum atomic E-state index is 5.84. The number of nitrogens with one attached hydrogen (secondary N) is 2. The van der Waals surface area contributed by atoms with Crippen LogP contribution in [0.4, 0.5) is 17.6 Å². The molecule has 0 saturated carbocycles. The zero-order chi connectivity index (χ0) is 10.8. The number of anilines is 3. The van der Waals surface area contributed by atoms with Crippen LogP contribution in [0.5, 0.6) is 0 Å². The summed E-state index contributed by atoms with van der Waals surface area (Å²) < 4.78 is 0. The van der Waals surface area contributed by atoms with E-state index in [9.17, 15) is 0 Å². The summed E-state index contributed by atoms with van der Waals surface area (Å²) in [6.45, 7) is 0. The minimum absolute atomic E-state index is 0.248. The summed E-state index contributed by atoms with van der Waals surface area (Å²) in [5.41, 5.74) is 6.11. The molecule has 0 saturated heterocycles. The van der Waals surface area contributed by atoms with Crippen LogP contribution in [0.1, 0.15) is 0 Å². The standard InChI is InChI=1S/C8H7Cl2N5/c9-5-2-1-4(3-6(5)10)12-8-13-7(11)14-15-8/h1-3H,(H4,11,12,13,14,15). The molecule has 1 heterocycles. The molecule has 78 valence electrons. The topological polar surface area (TPSA) is 79.6 Å². The third kappa shape index (κ3) is 2.31. The monoisotopic (exact) mass is 243 g/mol. The number of nitrogens with zero attached hydrogens (tertiary/aromatic N) is 2. The van der Waals surface area contributed by atoms with Crippen molar-refractivity contribution in [3.8, 4) is 0 Å². The van der Waals surface area contributed by atoms with Crippen LogP contribution >= 0.6 is 23.2 Å². The number of hydrogen-bond acceptors (Lipinski definition) is 4. The summed E-state index contributed by atoms with van der Waals surface area (Å²) >= 11 is 11.6. The van der Waals surface area contributed by atoms with Crippen molar-refractivity contribution in [3.05, 3.63) is 28.2 Å². The van der Waals surface area contributed by atoms with Gasteiger partial charge in [-0.1, -0.05) is 23.2 Å². The lowest BCUT2D eigenvalue weighted by atomic mass is 10.3. The number of hydrogen-bond donors (Lipinski definition) is 3. The van der Waals surface area contributed by atoms with Gasteiger partial charge in [0.05, 0.1) is 10.0 Å². The lowest BCUT2D eigenvalue weighted by molar-refractivity contribution is 1.10. The van der Waals surface area contributed by atoms with Crippen LogP contribution in [0.25, 0.3) is 0 Å². The van der Waals surface area contributed by atoms with Crippen molar-refractivity contribution in [3.63, 3.8) is 0 Å². The summed E-state index contributed by atoms with van der Waals surface area (Å²) in [6.07, 6.45) is 0. The Bertz CT molecular complexity index is 482. The highest BCUT2D eigenvalue weighted by molar-refractivity contribution is 6.42. The Morgan fingerprint density at radius 3 is 2.67 bits per heavy atom. The largest absolute Gasteiger partial charge is 0.368 e. The maximum Gasteiger partial charge on any atom is 0.248 e. The third-order valence-electron chi connectivity index (χ3n) is 1.68. The van der Waals surface area contributed by atoms with Crippen molar-refractivity contribution >= 4 is 40.8 Å². The molecule has 7 heteroatoms. The lowest BCUT2D eigenvalue weighted by Crippen LogP contribution is -1.92. The molecule has 0 atom stereocenters. The van der Waals surface area contributed by atoms with Crippen LogP contribution < -0.4 is 11.1 Å². The minimum Gasteiger partial charge on any atom is -0.368 e. The van der Waals surface area contributed by atoms with E-state index in [4.69, 9.17) is 28.9 Å². The Morgan fingerprint density at radius 2 is 2.07 bits per heavy atom. The van der Waals surface area contributed by atoms with E-state index in [1.54, 1.807) is 18.2 Å². The molecule has 2 rings (SSSR count). The second-order valence-corrected chi connectivity index (χ2v) is 3.61. The van der Waals surface area contributed by atoms with Crippen molar-refractivity contribution in [2.45, 2.75) is 0 Å². The molecule has 0 unspecified atom stereocenters. The van der Waals surface area contributed by atoms with Gasteiger partial charge < -0.3 is 11.1 Å². The molecule has 15 heavy (non-hydrogen) atoms. The molecule has 0 amide bonds. The second kappa shape index (κ2) is 3.96. The number of nitrogens with two attached hydrogens (primary N) is 1. The van der Waals surface area contributed by atoms with E-state index in [0.717, 1.165) is 5.69 Å². The number of aromatic amines is 1. The number of nitrogen functional groups attached to an aromatic ring is 1. The number of benzene rings is 1. The first-order valence-electron chi connectivity index (χ1n) is 4.05. The number of aromatic nitrogens is 3. The molecule has 0 bridgehead atoms. The highest BCUT2D eigenvalue weighted by Gasteiger charge is 2.02. The summed E-state index contributed by atoms with van der Waals surface area (Å²) in [7, 11) is 0. The normalized spacial score (nSPS) is 10.3. The van der Waals surface area contributed by atoms with Crippen LogP contribution in [-0.2, 0) is 0 Å². The van der Waals surface area contributed by atoms with Gasteiger partial charge in [-0.2, -0.15) is 4.98 Å². The van der Waals surface area contributed by atoms with Gasteiger partial charge in [-0.15, -0.1) is 5.10 Å². The van der Waals surface area contributed by atoms with Crippen molar-refractivity contribution < 1.29 is 0 Å². The predicted octanol–water partition coefficient (Wildman–Crippen LogP) is 2.44. The van der Waals surface area contributed by atoms with Gasteiger partial charge >= 0.3 is 0 Å². The molecule has 0 aliphatic heterocycles. The molecule has 0 fully saturated rings. The third-order valence-corrected chi connectivity index (χ3v) is 2.42. The quantitative estimate of drug-likeness (QED) is 0.757.